The summed E-state index contributed by atoms with van der Waals surface area (Å²) in [6, 6.07) is 2.00. The molecule has 26 heavy (non-hydrogen) atoms. The van der Waals surface area contributed by atoms with Crippen molar-refractivity contribution in [2.45, 2.75) is 43.8 Å². The van der Waals surface area contributed by atoms with Gasteiger partial charge in [0.05, 0.1) is 22.7 Å². The van der Waals surface area contributed by atoms with E-state index in [9.17, 15) is 8.42 Å². The molecule has 0 aromatic carbocycles. The van der Waals surface area contributed by atoms with Crippen LogP contribution in [0.3, 0.4) is 0 Å². The van der Waals surface area contributed by atoms with Gasteiger partial charge in [0, 0.05) is 12.1 Å². The number of H-pyrrole nitrogens is 1. The lowest BCUT2D eigenvalue weighted by molar-refractivity contribution is 0.435. The molecule has 7 nitrogen and oxygen atoms in total. The highest BCUT2D eigenvalue weighted by molar-refractivity contribution is 7.92. The van der Waals surface area contributed by atoms with Crippen molar-refractivity contribution in [2.75, 3.05) is 5.75 Å². The minimum Gasteiger partial charge on any atom is -0.345 e. The summed E-state index contributed by atoms with van der Waals surface area (Å²) in [4.78, 5) is 7.53. The van der Waals surface area contributed by atoms with Gasteiger partial charge in [0.25, 0.3) is 0 Å². The van der Waals surface area contributed by atoms with Crippen LogP contribution in [0.4, 0.5) is 0 Å². The molecule has 8 heteroatoms. The number of sulfone groups is 1. The van der Waals surface area contributed by atoms with Gasteiger partial charge in [-0.2, -0.15) is 0 Å². The van der Waals surface area contributed by atoms with E-state index >= 15 is 0 Å². The van der Waals surface area contributed by atoms with Crippen molar-refractivity contribution in [2.24, 2.45) is 17.3 Å². The van der Waals surface area contributed by atoms with Gasteiger partial charge in [0.2, 0.25) is 0 Å². The topological polar surface area (TPSA) is 93.0 Å². The molecule has 0 saturated heterocycles. The molecule has 3 heterocycles. The highest BCUT2D eigenvalue weighted by Gasteiger charge is 2.65. The molecular weight excluding hydrogens is 350 g/mol. The van der Waals surface area contributed by atoms with Crippen molar-refractivity contribution < 1.29 is 8.42 Å². The molecule has 1 N–H and O–H groups in total. The lowest BCUT2D eigenvalue weighted by atomic mass is 9.90. The van der Waals surface area contributed by atoms with Crippen LogP contribution in [-0.4, -0.2) is 44.0 Å². The minimum atomic E-state index is -2.92. The van der Waals surface area contributed by atoms with Crippen LogP contribution in [-0.2, 0) is 9.84 Å². The largest absolute Gasteiger partial charge is 0.345 e. The Hall–Kier alpha value is -1.96. The van der Waals surface area contributed by atoms with Crippen molar-refractivity contribution in [3.8, 4) is 0 Å². The smallest absolute Gasteiger partial charge is 0.179 e. The molecule has 3 aromatic heterocycles. The Morgan fingerprint density at radius 1 is 1.35 bits per heavy atom. The van der Waals surface area contributed by atoms with Crippen LogP contribution in [0.15, 0.2) is 18.5 Å². The van der Waals surface area contributed by atoms with Crippen LogP contribution in [0.5, 0.6) is 0 Å². The van der Waals surface area contributed by atoms with Crippen LogP contribution in [0, 0.1) is 17.3 Å². The Kier molecular flexibility index (Phi) is 2.71. The second kappa shape index (κ2) is 4.65. The third kappa shape index (κ3) is 1.93. The predicted molar refractivity (Wildman–Crippen MR) is 96.5 cm³/mol. The van der Waals surface area contributed by atoms with Gasteiger partial charge >= 0.3 is 0 Å². The van der Waals surface area contributed by atoms with Gasteiger partial charge in [-0.15, -0.1) is 10.2 Å². The molecule has 0 aliphatic heterocycles. The van der Waals surface area contributed by atoms with E-state index < -0.39 is 9.84 Å². The van der Waals surface area contributed by atoms with Gasteiger partial charge in [-0.25, -0.2) is 13.4 Å². The Labute approximate surface area is 151 Å². The molecular formula is C18H21N5O2S. The first-order valence-corrected chi connectivity index (χ1v) is 11.1. The van der Waals surface area contributed by atoms with Gasteiger partial charge in [-0.3, -0.25) is 4.40 Å². The third-order valence-corrected chi connectivity index (χ3v) is 9.39. The molecule has 136 valence electrons. The summed E-state index contributed by atoms with van der Waals surface area (Å²) >= 11 is 0. The molecule has 0 bridgehead atoms. The zero-order valence-electron chi connectivity index (χ0n) is 14.6. The Balaban J connectivity index is 1.41. The van der Waals surface area contributed by atoms with E-state index in [1.54, 1.807) is 6.20 Å². The maximum atomic E-state index is 12.5. The lowest BCUT2D eigenvalue weighted by Crippen LogP contribution is -2.20. The highest BCUT2D eigenvalue weighted by Crippen LogP contribution is 2.71. The number of fused-ring (bicyclic) bond motifs is 4. The quantitative estimate of drug-likeness (QED) is 0.760. The number of hydrogen-bond donors (Lipinski definition) is 1. The van der Waals surface area contributed by atoms with Crippen molar-refractivity contribution >= 4 is 26.6 Å². The molecule has 3 fully saturated rings. The van der Waals surface area contributed by atoms with Crippen molar-refractivity contribution in [1.29, 1.82) is 0 Å². The number of nitrogens with zero attached hydrogens (tertiary/aromatic N) is 4. The average molecular weight is 371 g/mol. The molecule has 6 rings (SSSR count). The minimum absolute atomic E-state index is 0.0639. The number of rotatable bonds is 4. The van der Waals surface area contributed by atoms with Crippen molar-refractivity contribution in [3.63, 3.8) is 0 Å². The normalized spacial score (nSPS) is 33.8. The molecule has 0 radical (unpaired) electrons. The molecule has 0 spiro atoms. The second-order valence-electron chi connectivity index (χ2n) is 8.62. The zero-order valence-corrected chi connectivity index (χ0v) is 15.4. The average Bonchev–Trinajstić information content (AvgIpc) is 3.43. The van der Waals surface area contributed by atoms with E-state index in [1.807, 2.05) is 12.3 Å². The van der Waals surface area contributed by atoms with Crippen LogP contribution in [0.25, 0.3) is 16.8 Å². The number of aromatic amines is 1. The molecule has 3 saturated carbocycles. The maximum absolute atomic E-state index is 12.5. The van der Waals surface area contributed by atoms with Crippen LogP contribution in [0.2, 0.25) is 0 Å². The molecule has 3 aliphatic rings. The van der Waals surface area contributed by atoms with E-state index in [0.29, 0.717) is 11.7 Å². The standard InChI is InChI=1S/C18H21N5O2S/c1-18-7-13(18)10(9-26(24,25)11-2-3-11)6-12(18)17-22-21-15-8-20-16-14(23(15)17)4-5-19-16/h4-5,8,10-13,19H,2-3,6-7,9H2,1H3/t10-,12+,13+,18-/m0/s1. The highest BCUT2D eigenvalue weighted by atomic mass is 32.2. The first-order chi connectivity index (χ1) is 12.5. The Bertz CT molecular complexity index is 1140. The fourth-order valence-electron chi connectivity index (χ4n) is 5.33. The van der Waals surface area contributed by atoms with Crippen LogP contribution >= 0.6 is 0 Å². The third-order valence-electron chi connectivity index (χ3n) is 7.01. The zero-order chi connectivity index (χ0) is 17.7. The summed E-state index contributed by atoms with van der Waals surface area (Å²) in [6.45, 7) is 2.29. The van der Waals surface area contributed by atoms with Gasteiger partial charge in [-0.1, -0.05) is 6.92 Å². The van der Waals surface area contributed by atoms with Crippen LogP contribution < -0.4 is 0 Å². The van der Waals surface area contributed by atoms with Gasteiger partial charge in [0.1, 0.15) is 5.82 Å². The summed E-state index contributed by atoms with van der Waals surface area (Å²) in [7, 11) is -2.92. The lowest BCUT2D eigenvalue weighted by Gasteiger charge is -2.19. The monoisotopic (exact) mass is 371 g/mol. The van der Waals surface area contributed by atoms with Gasteiger partial charge in [0.15, 0.2) is 21.1 Å². The van der Waals surface area contributed by atoms with E-state index in [0.717, 1.165) is 48.3 Å². The van der Waals surface area contributed by atoms with E-state index in [1.165, 1.54) is 0 Å². The summed E-state index contributed by atoms with van der Waals surface area (Å²) in [5.41, 5.74) is 2.71. The SMILES string of the molecule is C[C@@]12C[C@@H]1[C@H](CS(=O)(=O)C1CC1)C[C@@H]2c1nnc2cnc3[nH]ccc3n12. The molecule has 3 aliphatic carbocycles. The van der Waals surface area contributed by atoms with E-state index in [4.69, 9.17) is 0 Å². The number of nitrogens with one attached hydrogen (secondary N) is 1. The van der Waals surface area contributed by atoms with E-state index in [2.05, 4.69) is 31.5 Å². The predicted octanol–water partition coefficient (Wildman–Crippen LogP) is 2.31. The van der Waals surface area contributed by atoms with Crippen molar-refractivity contribution in [3.05, 3.63) is 24.3 Å². The summed E-state index contributed by atoms with van der Waals surface area (Å²) in [5.74, 6) is 2.32. The Morgan fingerprint density at radius 2 is 2.19 bits per heavy atom. The maximum Gasteiger partial charge on any atom is 0.179 e. The first-order valence-electron chi connectivity index (χ1n) is 9.36. The first kappa shape index (κ1) is 15.1. The fourth-order valence-corrected chi connectivity index (χ4v) is 7.42. The molecule has 3 aromatic rings. The summed E-state index contributed by atoms with van der Waals surface area (Å²) in [6.07, 6.45) is 7.32. The molecule has 4 atom stereocenters. The fraction of sp³-hybridized carbons (Fsp3) is 0.611. The number of aromatic nitrogens is 5. The van der Waals surface area contributed by atoms with E-state index in [-0.39, 0.29) is 22.5 Å². The van der Waals surface area contributed by atoms with Gasteiger partial charge in [-0.05, 0) is 49.0 Å². The summed E-state index contributed by atoms with van der Waals surface area (Å²) in [5, 5.41) is 8.79. The van der Waals surface area contributed by atoms with Gasteiger partial charge < -0.3 is 4.98 Å². The molecule has 0 amide bonds. The second-order valence-corrected chi connectivity index (χ2v) is 10.9. The summed E-state index contributed by atoms with van der Waals surface area (Å²) < 4.78 is 27.1. The van der Waals surface area contributed by atoms with Crippen LogP contribution in [0.1, 0.15) is 44.3 Å². The molecule has 0 unspecified atom stereocenters. The Morgan fingerprint density at radius 3 is 3.00 bits per heavy atom. The number of hydrogen-bond acceptors (Lipinski definition) is 5. The van der Waals surface area contributed by atoms with Crippen molar-refractivity contribution in [1.82, 2.24) is 24.6 Å².